The summed E-state index contributed by atoms with van der Waals surface area (Å²) >= 11 is 0. The number of carbonyl (C=O) groups excluding carboxylic acids is 1. The van der Waals surface area contributed by atoms with Crippen molar-refractivity contribution in [1.29, 1.82) is 0 Å². The summed E-state index contributed by atoms with van der Waals surface area (Å²) in [4.78, 5) is 13.1. The van der Waals surface area contributed by atoms with E-state index in [4.69, 9.17) is 10.5 Å². The minimum atomic E-state index is -1.48. The Labute approximate surface area is 148 Å². The van der Waals surface area contributed by atoms with E-state index in [9.17, 15) is 9.18 Å². The highest BCUT2D eigenvalue weighted by atomic mass is 19.1. The summed E-state index contributed by atoms with van der Waals surface area (Å²) in [5.41, 5.74) is 5.79. The number of ether oxygens (including phenoxy) is 1. The second-order valence-corrected chi connectivity index (χ2v) is 7.00. The molecule has 0 aliphatic rings. The molecule has 2 N–H and O–H groups in total. The summed E-state index contributed by atoms with van der Waals surface area (Å²) in [5, 5.41) is 0. The lowest BCUT2D eigenvalue weighted by atomic mass is 9.75. The maximum atomic E-state index is 13.3. The van der Waals surface area contributed by atoms with Gasteiger partial charge >= 0.3 is 5.97 Å². The molecule has 0 bridgehead atoms. The Morgan fingerprint density at radius 3 is 2.16 bits per heavy atom. The second-order valence-electron chi connectivity index (χ2n) is 7.00. The molecule has 2 atom stereocenters. The van der Waals surface area contributed by atoms with Crippen molar-refractivity contribution in [2.24, 2.45) is 5.73 Å². The molecule has 3 nitrogen and oxygen atoms in total. The highest BCUT2D eigenvalue weighted by Crippen LogP contribution is 2.38. The van der Waals surface area contributed by atoms with Gasteiger partial charge in [0, 0.05) is 5.92 Å². The first-order valence-electron chi connectivity index (χ1n) is 8.14. The van der Waals surface area contributed by atoms with Crippen LogP contribution < -0.4 is 5.73 Å². The van der Waals surface area contributed by atoms with Crippen LogP contribution in [-0.4, -0.2) is 11.6 Å². The minimum Gasteiger partial charge on any atom is -0.458 e. The van der Waals surface area contributed by atoms with Crippen molar-refractivity contribution in [2.45, 2.75) is 37.8 Å². The van der Waals surface area contributed by atoms with E-state index < -0.39 is 23.0 Å². The summed E-state index contributed by atoms with van der Waals surface area (Å²) in [6.45, 7) is 9.22. The molecule has 2 rings (SSSR count). The molecule has 25 heavy (non-hydrogen) atoms. The highest BCUT2D eigenvalue weighted by molar-refractivity contribution is 5.84. The van der Waals surface area contributed by atoms with Crippen LogP contribution >= 0.6 is 0 Å². The summed E-state index contributed by atoms with van der Waals surface area (Å²) in [6, 6.07) is 14.9. The predicted molar refractivity (Wildman–Crippen MR) is 97.5 cm³/mol. The Bertz CT molecular complexity index is 735. The van der Waals surface area contributed by atoms with Gasteiger partial charge in [-0.05, 0) is 44.0 Å². The smallest absolute Gasteiger partial charge is 0.332 e. The number of benzene rings is 2. The fraction of sp³-hybridized carbons (Fsp3) is 0.286. The molecule has 0 unspecified atom stereocenters. The van der Waals surface area contributed by atoms with Gasteiger partial charge < -0.3 is 10.5 Å². The predicted octanol–water partition coefficient (Wildman–Crippen LogP) is 4.29. The quantitative estimate of drug-likeness (QED) is 0.652. The van der Waals surface area contributed by atoms with Crippen LogP contribution in [0, 0.1) is 5.82 Å². The van der Waals surface area contributed by atoms with E-state index in [0.29, 0.717) is 11.1 Å². The third-order valence-corrected chi connectivity index (χ3v) is 3.94. The molecular formula is C21H24FNO2. The molecular weight excluding hydrogens is 317 g/mol. The molecule has 0 heterocycles. The van der Waals surface area contributed by atoms with Gasteiger partial charge in [-0.25, -0.2) is 9.18 Å². The lowest BCUT2D eigenvalue weighted by molar-refractivity contribution is -0.162. The van der Waals surface area contributed by atoms with Gasteiger partial charge in [0.1, 0.15) is 11.4 Å². The van der Waals surface area contributed by atoms with Gasteiger partial charge in [-0.15, -0.1) is 6.58 Å². The normalized spacial score (nSPS) is 15.1. The first-order valence-corrected chi connectivity index (χ1v) is 8.14. The molecule has 0 aromatic heterocycles. The molecule has 0 spiro atoms. The Morgan fingerprint density at radius 1 is 1.12 bits per heavy atom. The third kappa shape index (κ3) is 4.15. The minimum absolute atomic E-state index is 0.355. The molecule has 2 aromatic rings. The summed E-state index contributed by atoms with van der Waals surface area (Å²) in [6.07, 6.45) is 1.60. The number of halogens is 1. The number of hydrogen-bond donors (Lipinski definition) is 1. The number of carbonyl (C=O) groups is 1. The number of esters is 1. The van der Waals surface area contributed by atoms with Gasteiger partial charge in [0.15, 0.2) is 5.54 Å². The first kappa shape index (κ1) is 18.9. The number of nitrogens with two attached hydrogens (primary N) is 1. The van der Waals surface area contributed by atoms with E-state index in [1.807, 2.05) is 18.2 Å². The third-order valence-electron chi connectivity index (χ3n) is 3.94. The monoisotopic (exact) mass is 341 g/mol. The highest BCUT2D eigenvalue weighted by Gasteiger charge is 2.46. The van der Waals surface area contributed by atoms with Crippen LogP contribution in [-0.2, 0) is 15.1 Å². The van der Waals surface area contributed by atoms with Crippen LogP contribution in [0.25, 0.3) is 0 Å². The molecule has 132 valence electrons. The molecule has 2 aromatic carbocycles. The molecule has 0 aliphatic carbocycles. The summed E-state index contributed by atoms with van der Waals surface area (Å²) in [7, 11) is 0. The van der Waals surface area contributed by atoms with Crippen molar-refractivity contribution >= 4 is 5.97 Å². The topological polar surface area (TPSA) is 52.3 Å². The van der Waals surface area contributed by atoms with Crippen LogP contribution in [0.4, 0.5) is 4.39 Å². The van der Waals surface area contributed by atoms with Gasteiger partial charge in [-0.2, -0.15) is 0 Å². The maximum Gasteiger partial charge on any atom is 0.332 e. The average Bonchev–Trinajstić information content (AvgIpc) is 2.56. The van der Waals surface area contributed by atoms with Crippen LogP contribution in [0.15, 0.2) is 67.3 Å². The summed E-state index contributed by atoms with van der Waals surface area (Å²) in [5.74, 6) is -1.49. The lowest BCUT2D eigenvalue weighted by Crippen LogP contribution is -2.52. The standard InChI is InChI=1S/C21H24FNO2/c1-5-18(15-11-13-17(22)14-12-15)21(23,16-9-7-6-8-10-16)19(24)25-20(2,3)4/h5-14,18H,1,23H2,2-4H3/t18-,21+/m0/s1. The zero-order valence-corrected chi connectivity index (χ0v) is 14.8. The van der Waals surface area contributed by atoms with E-state index >= 15 is 0 Å². The average molecular weight is 341 g/mol. The first-order chi connectivity index (χ1) is 11.7. The molecule has 0 radical (unpaired) electrons. The molecule has 0 saturated carbocycles. The summed E-state index contributed by atoms with van der Waals surface area (Å²) < 4.78 is 18.9. The lowest BCUT2D eigenvalue weighted by Gasteiger charge is -2.36. The Hall–Kier alpha value is -2.46. The van der Waals surface area contributed by atoms with Gasteiger partial charge in [-0.1, -0.05) is 48.5 Å². The van der Waals surface area contributed by atoms with E-state index in [1.54, 1.807) is 51.1 Å². The number of rotatable bonds is 5. The van der Waals surface area contributed by atoms with Gasteiger partial charge in [0.2, 0.25) is 0 Å². The Balaban J connectivity index is 2.58. The van der Waals surface area contributed by atoms with Crippen molar-refractivity contribution in [3.63, 3.8) is 0 Å². The van der Waals surface area contributed by atoms with E-state index in [1.165, 1.54) is 12.1 Å². The maximum absolute atomic E-state index is 13.3. The van der Waals surface area contributed by atoms with Crippen LogP contribution in [0.5, 0.6) is 0 Å². The van der Waals surface area contributed by atoms with E-state index in [0.717, 1.165) is 0 Å². The zero-order valence-electron chi connectivity index (χ0n) is 14.8. The van der Waals surface area contributed by atoms with E-state index in [-0.39, 0.29) is 5.82 Å². The Kier molecular flexibility index (Phi) is 5.43. The molecule has 0 amide bonds. The van der Waals surface area contributed by atoms with Gasteiger partial charge in [-0.3, -0.25) is 0 Å². The fourth-order valence-electron chi connectivity index (χ4n) is 2.76. The molecule has 0 aliphatic heterocycles. The van der Waals surface area contributed by atoms with Crippen molar-refractivity contribution in [1.82, 2.24) is 0 Å². The SMILES string of the molecule is C=C[C@@H](c1ccc(F)cc1)[C@@](N)(C(=O)OC(C)(C)C)c1ccccc1. The van der Waals surface area contributed by atoms with Crippen molar-refractivity contribution in [2.75, 3.05) is 0 Å². The van der Waals surface area contributed by atoms with Crippen molar-refractivity contribution in [3.8, 4) is 0 Å². The van der Waals surface area contributed by atoms with Crippen LogP contribution in [0.3, 0.4) is 0 Å². The van der Waals surface area contributed by atoms with Gasteiger partial charge in [0.05, 0.1) is 0 Å². The van der Waals surface area contributed by atoms with Crippen LogP contribution in [0.1, 0.15) is 37.8 Å². The largest absolute Gasteiger partial charge is 0.458 e. The molecule has 0 fully saturated rings. The number of hydrogen-bond acceptors (Lipinski definition) is 3. The van der Waals surface area contributed by atoms with Crippen molar-refractivity contribution in [3.05, 3.63) is 84.2 Å². The molecule has 4 heteroatoms. The second kappa shape index (κ2) is 7.19. The molecule has 0 saturated heterocycles. The van der Waals surface area contributed by atoms with Crippen molar-refractivity contribution < 1.29 is 13.9 Å². The fourth-order valence-corrected chi connectivity index (χ4v) is 2.76. The van der Waals surface area contributed by atoms with Gasteiger partial charge in [0.25, 0.3) is 0 Å². The Morgan fingerprint density at radius 2 is 1.68 bits per heavy atom. The van der Waals surface area contributed by atoms with E-state index in [2.05, 4.69) is 6.58 Å². The zero-order chi connectivity index (χ0) is 18.7. The van der Waals surface area contributed by atoms with Crippen LogP contribution in [0.2, 0.25) is 0 Å².